The number of hydrogen-bond acceptors (Lipinski definition) is 4. The van der Waals surface area contributed by atoms with Crippen LogP contribution in [0.5, 0.6) is 6.01 Å². The molecule has 0 fully saturated rings. The molecule has 16 heavy (non-hydrogen) atoms. The van der Waals surface area contributed by atoms with Gasteiger partial charge in [0.15, 0.2) is 0 Å². The molecule has 1 N–H and O–H groups in total. The van der Waals surface area contributed by atoms with E-state index < -0.39 is 5.97 Å². The van der Waals surface area contributed by atoms with Crippen molar-refractivity contribution in [2.24, 2.45) is 0 Å². The third-order valence-corrected chi connectivity index (χ3v) is 2.19. The number of aryl methyl sites for hydroxylation is 1. The highest BCUT2D eigenvalue weighted by molar-refractivity contribution is 5.88. The first kappa shape index (κ1) is 12.4. The van der Waals surface area contributed by atoms with Gasteiger partial charge < -0.3 is 9.84 Å². The summed E-state index contributed by atoms with van der Waals surface area (Å²) in [5, 5.41) is 8.80. The van der Waals surface area contributed by atoms with E-state index in [0.717, 1.165) is 12.8 Å². The van der Waals surface area contributed by atoms with Gasteiger partial charge in [-0.15, -0.1) is 0 Å². The normalized spacial score (nSPS) is 12.2. The Morgan fingerprint density at radius 2 is 2.31 bits per heavy atom. The van der Waals surface area contributed by atoms with Gasteiger partial charge in [0.05, 0.1) is 17.4 Å². The average molecular weight is 224 g/mol. The minimum Gasteiger partial charge on any atom is -0.478 e. The maximum atomic E-state index is 10.7. The van der Waals surface area contributed by atoms with Gasteiger partial charge in [0.25, 0.3) is 0 Å². The Balaban J connectivity index is 2.77. The number of ether oxygens (including phenoxy) is 1. The van der Waals surface area contributed by atoms with Crippen LogP contribution >= 0.6 is 0 Å². The molecule has 0 aliphatic heterocycles. The second-order valence-electron chi connectivity index (χ2n) is 3.67. The first-order chi connectivity index (χ1) is 7.54. The van der Waals surface area contributed by atoms with Crippen LogP contribution in [-0.2, 0) is 0 Å². The van der Waals surface area contributed by atoms with Gasteiger partial charge in [-0.2, -0.15) is 4.98 Å². The summed E-state index contributed by atoms with van der Waals surface area (Å²) in [5.41, 5.74) is 0.525. The largest absolute Gasteiger partial charge is 0.478 e. The van der Waals surface area contributed by atoms with Crippen molar-refractivity contribution in [1.29, 1.82) is 0 Å². The minimum absolute atomic E-state index is 0.0417. The molecule has 5 nitrogen and oxygen atoms in total. The zero-order valence-electron chi connectivity index (χ0n) is 9.73. The molecule has 1 aromatic rings. The fraction of sp³-hybridized carbons (Fsp3) is 0.545. The summed E-state index contributed by atoms with van der Waals surface area (Å²) in [6, 6.07) is 0.239. The monoisotopic (exact) mass is 224 g/mol. The summed E-state index contributed by atoms with van der Waals surface area (Å²) in [5.74, 6) is -1.02. The average Bonchev–Trinajstić information content (AvgIpc) is 2.17. The van der Waals surface area contributed by atoms with E-state index in [4.69, 9.17) is 9.84 Å². The van der Waals surface area contributed by atoms with Gasteiger partial charge in [0.2, 0.25) is 0 Å². The molecular formula is C11H16N2O3. The topological polar surface area (TPSA) is 72.3 Å². The smallest absolute Gasteiger partial charge is 0.339 e. The van der Waals surface area contributed by atoms with Crippen molar-refractivity contribution in [2.45, 2.75) is 39.7 Å². The van der Waals surface area contributed by atoms with E-state index in [2.05, 4.69) is 16.9 Å². The number of carboxylic acids is 1. The molecule has 1 atom stereocenters. The molecule has 88 valence electrons. The Bertz CT molecular complexity index is 379. The fourth-order valence-corrected chi connectivity index (χ4v) is 1.36. The van der Waals surface area contributed by atoms with Crippen molar-refractivity contribution >= 4 is 5.97 Å². The Morgan fingerprint density at radius 1 is 1.62 bits per heavy atom. The molecule has 5 heteroatoms. The number of aromatic nitrogens is 2. The van der Waals surface area contributed by atoms with E-state index in [0.29, 0.717) is 5.69 Å². The van der Waals surface area contributed by atoms with E-state index in [-0.39, 0.29) is 17.7 Å². The Morgan fingerprint density at radius 3 is 2.81 bits per heavy atom. The standard InChI is InChI=1S/C11H16N2O3/c1-4-5-7(2)16-11-12-6-9(10(14)15)8(3)13-11/h6-7H,4-5H2,1-3H3,(H,14,15). The summed E-state index contributed by atoms with van der Waals surface area (Å²) < 4.78 is 5.46. The van der Waals surface area contributed by atoms with E-state index in [9.17, 15) is 4.79 Å². The second kappa shape index (κ2) is 5.44. The highest BCUT2D eigenvalue weighted by Gasteiger charge is 2.11. The third kappa shape index (κ3) is 3.18. The van der Waals surface area contributed by atoms with E-state index in [1.54, 1.807) is 6.92 Å². The lowest BCUT2D eigenvalue weighted by atomic mass is 10.2. The fourth-order valence-electron chi connectivity index (χ4n) is 1.36. The lowest BCUT2D eigenvalue weighted by molar-refractivity contribution is 0.0694. The zero-order valence-corrected chi connectivity index (χ0v) is 9.73. The molecule has 0 saturated heterocycles. The van der Waals surface area contributed by atoms with Gasteiger partial charge in [-0.25, -0.2) is 9.78 Å². The molecule has 0 aromatic carbocycles. The van der Waals surface area contributed by atoms with Crippen LogP contribution in [0.25, 0.3) is 0 Å². The van der Waals surface area contributed by atoms with Crippen LogP contribution in [0.15, 0.2) is 6.20 Å². The van der Waals surface area contributed by atoms with Crippen LogP contribution in [-0.4, -0.2) is 27.1 Å². The molecular weight excluding hydrogens is 208 g/mol. The Labute approximate surface area is 94.5 Å². The number of aromatic carboxylic acids is 1. The first-order valence-electron chi connectivity index (χ1n) is 5.28. The van der Waals surface area contributed by atoms with Crippen molar-refractivity contribution in [3.05, 3.63) is 17.5 Å². The SMILES string of the molecule is CCCC(C)Oc1ncc(C(=O)O)c(C)n1. The summed E-state index contributed by atoms with van der Waals surface area (Å²) in [6.07, 6.45) is 3.26. The molecule has 1 rings (SSSR count). The summed E-state index contributed by atoms with van der Waals surface area (Å²) >= 11 is 0. The number of rotatable bonds is 5. The molecule has 0 amide bonds. The quantitative estimate of drug-likeness (QED) is 0.828. The van der Waals surface area contributed by atoms with Gasteiger partial charge >= 0.3 is 12.0 Å². The van der Waals surface area contributed by atoms with Crippen molar-refractivity contribution in [3.8, 4) is 6.01 Å². The van der Waals surface area contributed by atoms with E-state index in [1.807, 2.05) is 6.92 Å². The molecule has 0 aliphatic rings. The molecule has 1 aromatic heterocycles. The predicted octanol–water partition coefficient (Wildman–Crippen LogP) is 2.05. The van der Waals surface area contributed by atoms with Gasteiger partial charge in [0, 0.05) is 6.20 Å². The van der Waals surface area contributed by atoms with Crippen LogP contribution in [0.2, 0.25) is 0 Å². The molecule has 0 bridgehead atoms. The minimum atomic E-state index is -1.02. The first-order valence-corrected chi connectivity index (χ1v) is 5.28. The third-order valence-electron chi connectivity index (χ3n) is 2.19. The number of carbonyl (C=O) groups is 1. The molecule has 1 unspecified atom stereocenters. The summed E-state index contributed by atoms with van der Waals surface area (Å²) in [7, 11) is 0. The predicted molar refractivity (Wildman–Crippen MR) is 58.7 cm³/mol. The Kier molecular flexibility index (Phi) is 4.22. The van der Waals surface area contributed by atoms with Crippen LogP contribution in [0.4, 0.5) is 0 Å². The number of hydrogen-bond donors (Lipinski definition) is 1. The van der Waals surface area contributed by atoms with Gasteiger partial charge in [-0.3, -0.25) is 0 Å². The maximum absolute atomic E-state index is 10.7. The van der Waals surface area contributed by atoms with Gasteiger partial charge in [-0.05, 0) is 20.3 Å². The molecule has 0 radical (unpaired) electrons. The summed E-state index contributed by atoms with van der Waals surface area (Å²) in [4.78, 5) is 18.6. The van der Waals surface area contributed by atoms with Crippen molar-refractivity contribution in [3.63, 3.8) is 0 Å². The van der Waals surface area contributed by atoms with E-state index in [1.165, 1.54) is 6.20 Å². The second-order valence-corrected chi connectivity index (χ2v) is 3.67. The summed E-state index contributed by atoms with van der Waals surface area (Å²) in [6.45, 7) is 5.63. The number of nitrogens with zero attached hydrogens (tertiary/aromatic N) is 2. The van der Waals surface area contributed by atoms with Crippen LogP contribution < -0.4 is 4.74 Å². The lowest BCUT2D eigenvalue weighted by Gasteiger charge is -2.12. The van der Waals surface area contributed by atoms with Crippen LogP contribution in [0, 0.1) is 6.92 Å². The maximum Gasteiger partial charge on any atom is 0.339 e. The highest BCUT2D eigenvalue weighted by atomic mass is 16.5. The molecule has 0 aliphatic carbocycles. The van der Waals surface area contributed by atoms with Gasteiger partial charge in [0.1, 0.15) is 0 Å². The van der Waals surface area contributed by atoms with Crippen LogP contribution in [0.1, 0.15) is 42.7 Å². The molecule has 1 heterocycles. The van der Waals surface area contributed by atoms with Crippen molar-refractivity contribution in [2.75, 3.05) is 0 Å². The number of carboxylic acid groups (broad SMARTS) is 1. The highest BCUT2D eigenvalue weighted by Crippen LogP contribution is 2.11. The van der Waals surface area contributed by atoms with Crippen molar-refractivity contribution < 1.29 is 14.6 Å². The van der Waals surface area contributed by atoms with Crippen molar-refractivity contribution in [1.82, 2.24) is 9.97 Å². The molecule has 0 saturated carbocycles. The zero-order chi connectivity index (χ0) is 12.1. The van der Waals surface area contributed by atoms with Crippen LogP contribution in [0.3, 0.4) is 0 Å². The van der Waals surface area contributed by atoms with Gasteiger partial charge in [-0.1, -0.05) is 13.3 Å². The Hall–Kier alpha value is -1.65. The molecule has 0 spiro atoms. The van der Waals surface area contributed by atoms with E-state index >= 15 is 0 Å². The lowest BCUT2D eigenvalue weighted by Crippen LogP contribution is -2.14.